The third-order valence-corrected chi connectivity index (χ3v) is 5.17. The maximum Gasteiger partial charge on any atom is 0.270 e. The molecule has 0 atom stereocenters. The lowest BCUT2D eigenvalue weighted by atomic mass is 10.1. The lowest BCUT2D eigenvalue weighted by molar-refractivity contribution is -0.113. The maximum atomic E-state index is 13.1. The molecule has 2 aromatic rings. The Hall–Kier alpha value is -2.58. The number of ether oxygens (including phenoxy) is 3. The van der Waals surface area contributed by atoms with Crippen LogP contribution in [-0.2, 0) is 4.79 Å². The minimum Gasteiger partial charge on any atom is -0.493 e. The molecule has 0 aliphatic carbocycles. The summed E-state index contributed by atoms with van der Waals surface area (Å²) in [5.41, 5.74) is 1.22. The van der Waals surface area contributed by atoms with Crippen molar-refractivity contribution in [2.24, 2.45) is 0 Å². The van der Waals surface area contributed by atoms with Crippen molar-refractivity contribution in [1.29, 1.82) is 0 Å². The van der Waals surface area contributed by atoms with E-state index in [1.54, 1.807) is 18.2 Å². The molecule has 0 N–H and O–H groups in total. The highest BCUT2D eigenvalue weighted by atomic mass is 32.2. The average molecular weight is 405 g/mol. The van der Waals surface area contributed by atoms with Crippen LogP contribution < -0.4 is 19.1 Å². The fraction of sp³-hybridized carbons (Fsp3) is 0.158. The summed E-state index contributed by atoms with van der Waals surface area (Å²) in [6, 6.07) is 9.09. The van der Waals surface area contributed by atoms with E-state index in [1.165, 1.54) is 62.3 Å². The predicted molar refractivity (Wildman–Crippen MR) is 108 cm³/mol. The fourth-order valence-electron chi connectivity index (χ4n) is 2.62. The van der Waals surface area contributed by atoms with E-state index < -0.39 is 0 Å². The molecule has 0 unspecified atom stereocenters. The third-order valence-electron chi connectivity index (χ3n) is 3.86. The lowest BCUT2D eigenvalue weighted by Crippen LogP contribution is -2.27. The van der Waals surface area contributed by atoms with Crippen LogP contribution in [0.4, 0.5) is 10.1 Å². The van der Waals surface area contributed by atoms with E-state index in [-0.39, 0.29) is 11.7 Å². The number of carbonyl (C=O) groups excluding carboxylic acids is 1. The SMILES string of the molecule is COc1cc(/C=C2/SC(=S)N(c3ccc(F)cc3)C2=O)cc(OC)c1OC. The Morgan fingerprint density at radius 2 is 1.63 bits per heavy atom. The van der Waals surface area contributed by atoms with Crippen LogP contribution in [0.2, 0.25) is 0 Å². The second-order valence-corrected chi connectivity index (χ2v) is 7.13. The number of hydrogen-bond acceptors (Lipinski definition) is 6. The van der Waals surface area contributed by atoms with Crippen LogP contribution >= 0.6 is 24.0 Å². The van der Waals surface area contributed by atoms with Gasteiger partial charge >= 0.3 is 0 Å². The standard InChI is InChI=1S/C19H16FNO4S2/c1-23-14-8-11(9-15(24-2)17(14)25-3)10-16-18(22)21(19(26)27-16)13-6-4-12(20)5-7-13/h4-10H,1-3H3/b16-10+. The molecule has 0 saturated carbocycles. The zero-order valence-electron chi connectivity index (χ0n) is 14.8. The first-order chi connectivity index (χ1) is 13.0. The van der Waals surface area contributed by atoms with Crippen LogP contribution in [0, 0.1) is 5.82 Å². The molecule has 1 aliphatic rings. The van der Waals surface area contributed by atoms with Crippen LogP contribution in [0.25, 0.3) is 6.08 Å². The molecule has 0 aromatic heterocycles. The number of halogens is 1. The first-order valence-electron chi connectivity index (χ1n) is 7.82. The van der Waals surface area contributed by atoms with Gasteiger partial charge in [-0.15, -0.1) is 0 Å². The molecule has 5 nitrogen and oxygen atoms in total. The molecule has 1 fully saturated rings. The van der Waals surface area contributed by atoms with Crippen LogP contribution in [0.3, 0.4) is 0 Å². The smallest absolute Gasteiger partial charge is 0.270 e. The van der Waals surface area contributed by atoms with Crippen molar-refractivity contribution in [1.82, 2.24) is 0 Å². The highest BCUT2D eigenvalue weighted by molar-refractivity contribution is 8.27. The Bertz CT molecular complexity index is 903. The van der Waals surface area contributed by atoms with E-state index in [2.05, 4.69) is 0 Å². The number of rotatable bonds is 5. The van der Waals surface area contributed by atoms with Crippen molar-refractivity contribution in [3.05, 3.63) is 52.7 Å². The summed E-state index contributed by atoms with van der Waals surface area (Å²) in [7, 11) is 4.57. The van der Waals surface area contributed by atoms with Gasteiger partial charge in [0, 0.05) is 0 Å². The minimum atomic E-state index is -0.378. The second-order valence-electron chi connectivity index (χ2n) is 5.45. The molecule has 1 aliphatic heterocycles. The first kappa shape index (κ1) is 19.2. The predicted octanol–water partition coefficient (Wildman–Crippen LogP) is 4.26. The van der Waals surface area contributed by atoms with Crippen molar-refractivity contribution >= 4 is 46.0 Å². The monoisotopic (exact) mass is 405 g/mol. The second kappa shape index (κ2) is 7.98. The summed E-state index contributed by atoms with van der Waals surface area (Å²) in [5, 5.41) is 0. The van der Waals surface area contributed by atoms with Crippen molar-refractivity contribution in [3.8, 4) is 17.2 Å². The third kappa shape index (κ3) is 3.77. The topological polar surface area (TPSA) is 48.0 Å². The summed E-state index contributed by atoms with van der Waals surface area (Å²) in [4.78, 5) is 14.6. The van der Waals surface area contributed by atoms with Gasteiger partial charge in [0.15, 0.2) is 15.8 Å². The van der Waals surface area contributed by atoms with Gasteiger partial charge < -0.3 is 14.2 Å². The summed E-state index contributed by atoms with van der Waals surface area (Å²) in [6.07, 6.45) is 1.70. The van der Waals surface area contributed by atoms with Crippen molar-refractivity contribution in [3.63, 3.8) is 0 Å². The number of anilines is 1. The molecule has 1 amide bonds. The summed E-state index contributed by atoms with van der Waals surface area (Å²) < 4.78 is 29.5. The maximum absolute atomic E-state index is 13.1. The molecule has 8 heteroatoms. The Labute approximate surface area is 165 Å². The fourth-order valence-corrected chi connectivity index (χ4v) is 3.92. The van der Waals surface area contributed by atoms with Gasteiger partial charge in [-0.25, -0.2) is 4.39 Å². The van der Waals surface area contributed by atoms with Gasteiger partial charge in [-0.05, 0) is 48.0 Å². The Balaban J connectivity index is 1.97. The van der Waals surface area contributed by atoms with Crippen LogP contribution in [-0.4, -0.2) is 31.6 Å². The van der Waals surface area contributed by atoms with E-state index in [1.807, 2.05) is 0 Å². The van der Waals surface area contributed by atoms with Crippen molar-refractivity contribution in [2.45, 2.75) is 0 Å². The summed E-state index contributed by atoms with van der Waals surface area (Å²) in [6.45, 7) is 0. The number of amides is 1. The highest BCUT2D eigenvalue weighted by Gasteiger charge is 2.33. The normalized spacial score (nSPS) is 15.4. The molecule has 1 heterocycles. The zero-order chi connectivity index (χ0) is 19.6. The van der Waals surface area contributed by atoms with Crippen LogP contribution in [0.5, 0.6) is 17.2 Å². The van der Waals surface area contributed by atoms with Gasteiger partial charge in [0.25, 0.3) is 5.91 Å². The van der Waals surface area contributed by atoms with Gasteiger partial charge in [-0.1, -0.05) is 24.0 Å². The van der Waals surface area contributed by atoms with Crippen LogP contribution in [0.15, 0.2) is 41.3 Å². The molecule has 0 spiro atoms. The lowest BCUT2D eigenvalue weighted by Gasteiger charge is -2.14. The number of thiocarbonyl (C=S) groups is 1. The molecule has 0 radical (unpaired) electrons. The number of hydrogen-bond donors (Lipinski definition) is 0. The van der Waals surface area contributed by atoms with Gasteiger partial charge in [-0.3, -0.25) is 9.69 Å². The van der Waals surface area contributed by atoms with Gasteiger partial charge in [-0.2, -0.15) is 0 Å². The summed E-state index contributed by atoms with van der Waals surface area (Å²) >= 11 is 6.50. The van der Waals surface area contributed by atoms with Gasteiger partial charge in [0.2, 0.25) is 5.75 Å². The molecule has 3 rings (SSSR count). The quantitative estimate of drug-likeness (QED) is 0.547. The number of carbonyl (C=O) groups is 1. The van der Waals surface area contributed by atoms with Crippen molar-refractivity contribution < 1.29 is 23.4 Å². The molecular formula is C19H16FNO4S2. The molecule has 140 valence electrons. The van der Waals surface area contributed by atoms with E-state index in [0.29, 0.717) is 37.7 Å². The Kier molecular flexibility index (Phi) is 5.67. The van der Waals surface area contributed by atoms with Crippen LogP contribution in [0.1, 0.15) is 5.56 Å². The number of thioether (sulfide) groups is 1. The largest absolute Gasteiger partial charge is 0.493 e. The van der Waals surface area contributed by atoms with Crippen molar-refractivity contribution in [2.75, 3.05) is 26.2 Å². The molecule has 2 aromatic carbocycles. The number of nitrogens with zero attached hydrogens (tertiary/aromatic N) is 1. The first-order valence-corrected chi connectivity index (χ1v) is 9.04. The molecular weight excluding hydrogens is 389 g/mol. The summed E-state index contributed by atoms with van der Waals surface area (Å²) in [5.74, 6) is 0.785. The Morgan fingerprint density at radius 3 is 2.15 bits per heavy atom. The number of benzene rings is 2. The Morgan fingerprint density at radius 1 is 1.04 bits per heavy atom. The zero-order valence-corrected chi connectivity index (χ0v) is 16.4. The molecule has 0 bridgehead atoms. The van der Waals surface area contributed by atoms with E-state index in [0.717, 1.165) is 0 Å². The average Bonchev–Trinajstić information content (AvgIpc) is 2.95. The molecule has 27 heavy (non-hydrogen) atoms. The molecule has 1 saturated heterocycles. The van der Waals surface area contributed by atoms with E-state index in [4.69, 9.17) is 26.4 Å². The minimum absolute atomic E-state index is 0.273. The number of methoxy groups -OCH3 is 3. The van der Waals surface area contributed by atoms with Gasteiger partial charge in [0.05, 0.1) is 31.9 Å². The van der Waals surface area contributed by atoms with E-state index >= 15 is 0 Å². The van der Waals surface area contributed by atoms with Gasteiger partial charge in [0.1, 0.15) is 5.82 Å². The van der Waals surface area contributed by atoms with E-state index in [9.17, 15) is 9.18 Å². The highest BCUT2D eigenvalue weighted by Crippen LogP contribution is 2.41.